The lowest BCUT2D eigenvalue weighted by atomic mass is 9.65. The molecule has 0 aliphatic heterocycles. The Labute approximate surface area is 240 Å². The fraction of sp³-hybridized carbons (Fsp3) is 0.189. The van der Waals surface area contributed by atoms with Crippen LogP contribution in [-0.4, -0.2) is 23.8 Å². The van der Waals surface area contributed by atoms with Crippen molar-refractivity contribution in [3.63, 3.8) is 0 Å². The smallest absolute Gasteiger partial charge is 0.331 e. The summed E-state index contributed by atoms with van der Waals surface area (Å²) < 4.78 is 12.7. The first-order valence-corrected chi connectivity index (χ1v) is 14.1. The van der Waals surface area contributed by atoms with Crippen molar-refractivity contribution in [2.24, 2.45) is 0 Å². The van der Waals surface area contributed by atoms with Crippen LogP contribution in [0.2, 0.25) is 0 Å². The van der Waals surface area contributed by atoms with Gasteiger partial charge in [0.2, 0.25) is 0 Å². The fourth-order valence-electron chi connectivity index (χ4n) is 6.79. The van der Waals surface area contributed by atoms with Gasteiger partial charge in [0.25, 0.3) is 0 Å². The summed E-state index contributed by atoms with van der Waals surface area (Å²) in [5, 5.41) is 13.0. The average Bonchev–Trinajstić information content (AvgIpc) is 3.59. The summed E-state index contributed by atoms with van der Waals surface area (Å²) in [6.07, 6.45) is 0. The number of hydrogen-bond donors (Lipinski definition) is 1. The van der Waals surface area contributed by atoms with Crippen molar-refractivity contribution in [2.75, 3.05) is 0 Å². The van der Waals surface area contributed by atoms with Gasteiger partial charge in [-0.1, -0.05) is 91.0 Å². The summed E-state index contributed by atoms with van der Waals surface area (Å²) in [5.74, 6) is 0. The van der Waals surface area contributed by atoms with E-state index in [1.165, 1.54) is 27.8 Å². The highest BCUT2D eigenvalue weighted by Crippen LogP contribution is 2.63. The van der Waals surface area contributed by atoms with Gasteiger partial charge in [0, 0.05) is 21.9 Å². The first-order valence-electron chi connectivity index (χ1n) is 14.1. The molecule has 6 aromatic rings. The molecule has 0 bridgehead atoms. The third-order valence-corrected chi connectivity index (χ3v) is 9.42. The molecule has 1 atom stereocenters. The van der Waals surface area contributed by atoms with Crippen LogP contribution in [0, 0.1) is 12.1 Å². The maximum absolute atomic E-state index is 10.8. The number of para-hydroxylation sites is 1. The number of hydrogen-bond acceptors (Lipinski definition) is 3. The maximum Gasteiger partial charge on any atom is 0.331 e. The number of aliphatic hydroxyl groups is 1. The van der Waals surface area contributed by atoms with E-state index in [0.717, 1.165) is 44.1 Å². The molecular weight excluding hydrogens is 503 g/mol. The lowest BCUT2D eigenvalue weighted by Crippen LogP contribution is -2.50. The van der Waals surface area contributed by atoms with Crippen molar-refractivity contribution >= 4 is 34.9 Å². The number of benzene rings is 4. The van der Waals surface area contributed by atoms with Crippen LogP contribution in [0.3, 0.4) is 0 Å². The second-order valence-electron chi connectivity index (χ2n) is 12.2. The molecular formula is C37H28BO3. The zero-order chi connectivity index (χ0) is 28.1. The minimum absolute atomic E-state index is 0.615. The van der Waals surface area contributed by atoms with Crippen LogP contribution < -0.4 is 5.46 Å². The van der Waals surface area contributed by atoms with Gasteiger partial charge in [-0.2, -0.15) is 0 Å². The first-order chi connectivity index (χ1) is 19.7. The predicted octanol–water partition coefficient (Wildman–Crippen LogP) is 7.34. The Balaban J connectivity index is 1.48. The minimum Gasteiger partial charge on any atom is -0.447 e. The van der Waals surface area contributed by atoms with Crippen LogP contribution in [0.1, 0.15) is 49.9 Å². The second kappa shape index (κ2) is 8.14. The van der Waals surface area contributed by atoms with Crippen molar-refractivity contribution in [3.05, 3.63) is 125 Å². The molecule has 0 saturated carbocycles. The molecule has 4 heteroatoms. The van der Waals surface area contributed by atoms with E-state index >= 15 is 0 Å². The number of fused-ring (bicyclic) bond motifs is 14. The van der Waals surface area contributed by atoms with Crippen LogP contribution in [0.5, 0.6) is 0 Å². The molecule has 197 valence electrons. The Morgan fingerprint density at radius 1 is 0.756 bits per heavy atom. The molecule has 1 N–H and O–H groups in total. The Bertz CT molecular complexity index is 2030. The Kier molecular flexibility index (Phi) is 4.86. The van der Waals surface area contributed by atoms with E-state index in [0.29, 0.717) is 0 Å². The molecule has 1 spiro atoms. The molecule has 0 fully saturated rings. The van der Waals surface area contributed by atoms with Crippen molar-refractivity contribution in [1.82, 2.24) is 0 Å². The molecule has 1 radical (unpaired) electrons. The Morgan fingerprint density at radius 3 is 2.20 bits per heavy atom. The quantitative estimate of drug-likeness (QED) is 0.242. The average molecular weight is 531 g/mol. The number of furan rings is 1. The van der Waals surface area contributed by atoms with Crippen molar-refractivity contribution in [3.8, 4) is 22.3 Å². The SMILES string of the molecule is CC(C)(O)C(C)(C)O[B]c1cccc2c1C1(c3c#cc4oc5ccccc5c4c3-c3ccccc31)c1ccccc1-2. The Hall–Kier alpha value is -4.30. The van der Waals surface area contributed by atoms with Gasteiger partial charge in [-0.3, -0.25) is 0 Å². The summed E-state index contributed by atoms with van der Waals surface area (Å²) in [5.41, 5.74) is 9.47. The molecule has 41 heavy (non-hydrogen) atoms. The largest absolute Gasteiger partial charge is 0.447 e. The van der Waals surface area contributed by atoms with Crippen LogP contribution in [0.25, 0.3) is 44.2 Å². The van der Waals surface area contributed by atoms with Crippen molar-refractivity contribution in [1.29, 1.82) is 0 Å². The van der Waals surface area contributed by atoms with Gasteiger partial charge in [0.05, 0.1) is 16.6 Å². The molecule has 1 unspecified atom stereocenters. The molecule has 2 aliphatic rings. The molecule has 5 aromatic carbocycles. The van der Waals surface area contributed by atoms with E-state index < -0.39 is 16.6 Å². The third-order valence-electron chi connectivity index (χ3n) is 9.42. The highest BCUT2D eigenvalue weighted by Gasteiger charge is 2.54. The van der Waals surface area contributed by atoms with Crippen molar-refractivity contribution < 1.29 is 14.2 Å². The summed E-state index contributed by atoms with van der Waals surface area (Å²) in [7, 11) is 1.83. The van der Waals surface area contributed by atoms with Gasteiger partial charge < -0.3 is 14.2 Å². The van der Waals surface area contributed by atoms with E-state index in [2.05, 4.69) is 91.0 Å². The van der Waals surface area contributed by atoms with Crippen LogP contribution in [0.15, 0.2) is 95.4 Å². The van der Waals surface area contributed by atoms with E-state index in [9.17, 15) is 5.11 Å². The maximum atomic E-state index is 10.8. The first kappa shape index (κ1) is 24.5. The van der Waals surface area contributed by atoms with Gasteiger partial charge in [-0.05, 0) is 78.7 Å². The zero-order valence-electron chi connectivity index (χ0n) is 23.5. The van der Waals surface area contributed by atoms with Crippen LogP contribution in [-0.2, 0) is 10.1 Å². The molecule has 0 saturated heterocycles. The van der Waals surface area contributed by atoms with E-state index in [1.807, 2.05) is 33.5 Å². The summed E-state index contributed by atoms with van der Waals surface area (Å²) in [6.45, 7) is 7.40. The topological polar surface area (TPSA) is 42.6 Å². The fourth-order valence-corrected chi connectivity index (χ4v) is 6.79. The molecule has 2 aliphatic carbocycles. The van der Waals surface area contributed by atoms with Crippen LogP contribution >= 0.6 is 0 Å². The monoisotopic (exact) mass is 531 g/mol. The van der Waals surface area contributed by atoms with Gasteiger partial charge >= 0.3 is 7.48 Å². The van der Waals surface area contributed by atoms with Gasteiger partial charge in [-0.15, -0.1) is 0 Å². The minimum atomic E-state index is -1.04. The lowest BCUT2D eigenvalue weighted by Gasteiger charge is -2.38. The molecule has 1 heterocycles. The highest BCUT2D eigenvalue weighted by atomic mass is 16.5. The number of rotatable bonds is 4. The molecule has 0 amide bonds. The highest BCUT2D eigenvalue weighted by molar-refractivity contribution is 6.48. The van der Waals surface area contributed by atoms with E-state index in [4.69, 9.17) is 9.07 Å². The third kappa shape index (κ3) is 3.08. The van der Waals surface area contributed by atoms with Gasteiger partial charge in [0.15, 0.2) is 5.58 Å². The summed E-state index contributed by atoms with van der Waals surface area (Å²) >= 11 is 0. The van der Waals surface area contributed by atoms with Gasteiger partial charge in [0.1, 0.15) is 5.58 Å². The molecule has 3 nitrogen and oxygen atoms in total. The van der Waals surface area contributed by atoms with Crippen LogP contribution in [0.4, 0.5) is 0 Å². The van der Waals surface area contributed by atoms with E-state index in [1.54, 1.807) is 13.8 Å². The lowest BCUT2D eigenvalue weighted by molar-refractivity contribution is -0.0893. The second-order valence-corrected chi connectivity index (χ2v) is 12.2. The summed E-state index contributed by atoms with van der Waals surface area (Å²) in [4.78, 5) is 0. The predicted molar refractivity (Wildman–Crippen MR) is 165 cm³/mol. The normalized spacial score (nSPS) is 16.9. The van der Waals surface area contributed by atoms with Gasteiger partial charge in [-0.25, -0.2) is 0 Å². The zero-order valence-corrected chi connectivity index (χ0v) is 23.5. The van der Waals surface area contributed by atoms with Crippen molar-refractivity contribution in [2.45, 2.75) is 44.3 Å². The summed E-state index contributed by atoms with van der Waals surface area (Å²) in [6, 6.07) is 39.1. The van der Waals surface area contributed by atoms with E-state index in [-0.39, 0.29) is 0 Å². The molecule has 1 aromatic heterocycles. The standard InChI is InChI=1S/C37H28BO3/c1-35(2,39)36(3,4)41-38-29-18-11-15-23-22-12-5-8-16-26(22)37(34(23)29)27-17-9-6-13-24(27)32-28(37)20-21-31-33(32)25-14-7-10-19-30(25)40-31/h5-19,39H,1-4H3. The molecule has 8 rings (SSSR count). The Morgan fingerprint density at radius 2 is 1.41 bits per heavy atom.